The molecule has 0 radical (unpaired) electrons. The minimum atomic E-state index is -0.0648. The van der Waals surface area contributed by atoms with Gasteiger partial charge >= 0.3 is 0 Å². The fourth-order valence-corrected chi connectivity index (χ4v) is 4.63. The summed E-state index contributed by atoms with van der Waals surface area (Å²) in [4.78, 5) is 23.2. The van der Waals surface area contributed by atoms with Crippen molar-refractivity contribution in [2.24, 2.45) is 0 Å². The third-order valence-corrected chi connectivity index (χ3v) is 6.43. The molecule has 0 saturated heterocycles. The standard InChI is InChI=1S/C27H32N4O2/c1-19-6-4-12-28-25(19)17-31(26-9-3-7-22-8-5-13-29-27(22)26)16-23-11-10-21(14-24(23)18-32)15-30-20(2)33/h4-6,8,10-14,26,32H,3,7,9,15-18H2,1-2H3,(H,30,33). The van der Waals surface area contributed by atoms with E-state index < -0.39 is 0 Å². The van der Waals surface area contributed by atoms with Gasteiger partial charge in [-0.25, -0.2) is 0 Å². The monoisotopic (exact) mass is 444 g/mol. The number of fused-ring (bicyclic) bond motifs is 1. The van der Waals surface area contributed by atoms with Gasteiger partial charge in [0.1, 0.15) is 0 Å². The number of aliphatic hydroxyl groups excluding tert-OH is 1. The van der Waals surface area contributed by atoms with Crippen molar-refractivity contribution in [2.45, 2.75) is 65.4 Å². The second kappa shape index (κ2) is 10.7. The molecule has 1 atom stereocenters. The van der Waals surface area contributed by atoms with Gasteiger partial charge in [-0.3, -0.25) is 19.7 Å². The molecule has 1 aliphatic rings. The van der Waals surface area contributed by atoms with Gasteiger partial charge in [0.25, 0.3) is 0 Å². The first-order valence-electron chi connectivity index (χ1n) is 11.6. The van der Waals surface area contributed by atoms with Gasteiger partial charge in [0, 0.05) is 39.0 Å². The van der Waals surface area contributed by atoms with Crippen LogP contribution in [0.3, 0.4) is 0 Å². The molecule has 1 unspecified atom stereocenters. The van der Waals surface area contributed by atoms with Crippen LogP contribution in [-0.2, 0) is 37.5 Å². The highest BCUT2D eigenvalue weighted by Gasteiger charge is 2.28. The van der Waals surface area contributed by atoms with E-state index >= 15 is 0 Å². The molecule has 0 saturated carbocycles. The van der Waals surface area contributed by atoms with E-state index in [2.05, 4.69) is 40.3 Å². The summed E-state index contributed by atoms with van der Waals surface area (Å²) in [5.74, 6) is -0.0648. The highest BCUT2D eigenvalue weighted by Crippen LogP contribution is 2.35. The summed E-state index contributed by atoms with van der Waals surface area (Å²) >= 11 is 0. The van der Waals surface area contributed by atoms with Crippen LogP contribution in [-0.4, -0.2) is 25.9 Å². The predicted octanol–water partition coefficient (Wildman–Crippen LogP) is 3.99. The number of aryl methyl sites for hydroxylation is 2. The zero-order chi connectivity index (χ0) is 23.2. The van der Waals surface area contributed by atoms with Crippen LogP contribution in [0.15, 0.2) is 54.9 Å². The van der Waals surface area contributed by atoms with E-state index in [0.717, 1.165) is 47.3 Å². The zero-order valence-electron chi connectivity index (χ0n) is 19.4. The second-order valence-corrected chi connectivity index (χ2v) is 8.80. The van der Waals surface area contributed by atoms with Gasteiger partial charge in [-0.15, -0.1) is 0 Å². The van der Waals surface area contributed by atoms with E-state index in [1.807, 2.05) is 36.7 Å². The van der Waals surface area contributed by atoms with Gasteiger partial charge < -0.3 is 10.4 Å². The quantitative estimate of drug-likeness (QED) is 0.549. The summed E-state index contributed by atoms with van der Waals surface area (Å²) in [6.07, 6.45) is 6.98. The average Bonchev–Trinajstić information content (AvgIpc) is 2.83. The molecule has 1 aliphatic carbocycles. The first-order valence-corrected chi connectivity index (χ1v) is 11.6. The molecule has 0 spiro atoms. The molecule has 2 heterocycles. The minimum absolute atomic E-state index is 0.0425. The van der Waals surface area contributed by atoms with Crippen LogP contribution in [0.2, 0.25) is 0 Å². The molecule has 0 fully saturated rings. The summed E-state index contributed by atoms with van der Waals surface area (Å²) < 4.78 is 0. The summed E-state index contributed by atoms with van der Waals surface area (Å²) in [6, 6.07) is 14.6. The maximum absolute atomic E-state index is 11.3. The molecule has 1 aromatic carbocycles. The second-order valence-electron chi connectivity index (χ2n) is 8.80. The number of aromatic nitrogens is 2. The minimum Gasteiger partial charge on any atom is -0.392 e. The molecular weight excluding hydrogens is 412 g/mol. The van der Waals surface area contributed by atoms with Gasteiger partial charge in [0.15, 0.2) is 0 Å². The van der Waals surface area contributed by atoms with E-state index in [-0.39, 0.29) is 18.6 Å². The van der Waals surface area contributed by atoms with Gasteiger partial charge in [-0.1, -0.05) is 30.3 Å². The highest BCUT2D eigenvalue weighted by atomic mass is 16.3. The first kappa shape index (κ1) is 23.1. The molecular formula is C27H32N4O2. The van der Waals surface area contributed by atoms with Crippen LogP contribution in [0.4, 0.5) is 0 Å². The molecule has 0 bridgehead atoms. The highest BCUT2D eigenvalue weighted by molar-refractivity contribution is 5.72. The maximum Gasteiger partial charge on any atom is 0.217 e. The van der Waals surface area contributed by atoms with Crippen LogP contribution >= 0.6 is 0 Å². The number of carbonyl (C=O) groups excluding carboxylic acids is 1. The van der Waals surface area contributed by atoms with Gasteiger partial charge in [0.2, 0.25) is 5.91 Å². The Labute approximate surface area is 195 Å². The Morgan fingerprint density at radius 2 is 1.94 bits per heavy atom. The average molecular weight is 445 g/mol. The van der Waals surface area contributed by atoms with Crippen molar-refractivity contribution in [3.05, 3.63) is 94.1 Å². The van der Waals surface area contributed by atoms with Crippen LogP contribution in [0.5, 0.6) is 0 Å². The Morgan fingerprint density at radius 1 is 1.12 bits per heavy atom. The summed E-state index contributed by atoms with van der Waals surface area (Å²) in [7, 11) is 0. The Balaban J connectivity index is 1.66. The molecule has 4 rings (SSSR count). The number of pyridine rings is 2. The van der Waals surface area contributed by atoms with Gasteiger partial charge in [-0.05, 0) is 66.1 Å². The molecule has 0 aliphatic heterocycles. The van der Waals surface area contributed by atoms with Crippen molar-refractivity contribution >= 4 is 5.91 Å². The van der Waals surface area contributed by atoms with Crippen LogP contribution in [0, 0.1) is 6.92 Å². The lowest BCUT2D eigenvalue weighted by Gasteiger charge is -2.35. The smallest absolute Gasteiger partial charge is 0.217 e. The topological polar surface area (TPSA) is 78.4 Å². The zero-order valence-corrected chi connectivity index (χ0v) is 19.4. The largest absolute Gasteiger partial charge is 0.392 e. The predicted molar refractivity (Wildman–Crippen MR) is 128 cm³/mol. The molecule has 172 valence electrons. The van der Waals surface area contributed by atoms with Gasteiger partial charge in [-0.2, -0.15) is 0 Å². The van der Waals surface area contributed by atoms with Crippen molar-refractivity contribution in [1.82, 2.24) is 20.2 Å². The van der Waals surface area contributed by atoms with Gasteiger partial charge in [0.05, 0.1) is 24.0 Å². The Morgan fingerprint density at radius 3 is 2.73 bits per heavy atom. The Bertz CT molecular complexity index is 1110. The number of benzene rings is 1. The number of hydrogen-bond donors (Lipinski definition) is 2. The summed E-state index contributed by atoms with van der Waals surface area (Å²) in [5, 5.41) is 12.9. The molecule has 3 aromatic rings. The Kier molecular flexibility index (Phi) is 7.47. The number of rotatable bonds is 8. The number of amides is 1. The number of carbonyl (C=O) groups is 1. The van der Waals surface area contributed by atoms with Crippen molar-refractivity contribution in [1.29, 1.82) is 0 Å². The Hall–Kier alpha value is -3.09. The number of aliphatic hydroxyl groups is 1. The van der Waals surface area contributed by atoms with Crippen LogP contribution in [0.25, 0.3) is 0 Å². The number of nitrogens with zero attached hydrogens (tertiary/aromatic N) is 3. The summed E-state index contributed by atoms with van der Waals surface area (Å²) in [5.41, 5.74) is 7.67. The lowest BCUT2D eigenvalue weighted by Crippen LogP contribution is -2.32. The molecule has 2 N–H and O–H groups in total. The lowest BCUT2D eigenvalue weighted by molar-refractivity contribution is -0.119. The van der Waals surface area contributed by atoms with E-state index in [1.165, 1.54) is 18.1 Å². The van der Waals surface area contributed by atoms with Crippen molar-refractivity contribution in [2.75, 3.05) is 0 Å². The van der Waals surface area contributed by atoms with Crippen molar-refractivity contribution < 1.29 is 9.90 Å². The third-order valence-electron chi connectivity index (χ3n) is 6.43. The van der Waals surface area contributed by atoms with Crippen LogP contribution < -0.4 is 5.32 Å². The van der Waals surface area contributed by atoms with E-state index in [1.54, 1.807) is 0 Å². The number of nitrogens with one attached hydrogen (secondary N) is 1. The SMILES string of the molecule is CC(=O)NCc1ccc(CN(Cc2ncccc2C)C2CCCc3cccnc32)c(CO)c1. The molecule has 6 nitrogen and oxygen atoms in total. The fourth-order valence-electron chi connectivity index (χ4n) is 4.63. The summed E-state index contributed by atoms with van der Waals surface area (Å²) in [6.45, 7) is 5.43. The normalized spacial score (nSPS) is 15.3. The van der Waals surface area contributed by atoms with Crippen molar-refractivity contribution in [3.8, 4) is 0 Å². The first-order chi connectivity index (χ1) is 16.0. The van der Waals surface area contributed by atoms with Crippen LogP contribution in [0.1, 0.15) is 65.0 Å². The van der Waals surface area contributed by atoms with E-state index in [0.29, 0.717) is 19.6 Å². The van der Waals surface area contributed by atoms with E-state index in [4.69, 9.17) is 4.98 Å². The van der Waals surface area contributed by atoms with Crippen molar-refractivity contribution in [3.63, 3.8) is 0 Å². The third kappa shape index (κ3) is 5.64. The molecule has 1 amide bonds. The van der Waals surface area contributed by atoms with E-state index in [9.17, 15) is 9.90 Å². The number of hydrogen-bond acceptors (Lipinski definition) is 5. The fraction of sp³-hybridized carbons (Fsp3) is 0.370. The lowest BCUT2D eigenvalue weighted by atomic mass is 9.90. The molecule has 2 aromatic heterocycles. The maximum atomic E-state index is 11.3. The molecule has 33 heavy (non-hydrogen) atoms. The molecule has 6 heteroatoms.